The van der Waals surface area contributed by atoms with Crippen LogP contribution in [0.2, 0.25) is 0 Å². The fourth-order valence-electron chi connectivity index (χ4n) is 2.73. The van der Waals surface area contributed by atoms with Crippen LogP contribution in [0.4, 0.5) is 0 Å². The Morgan fingerprint density at radius 3 is 3.06 bits per heavy atom. The number of thioether (sulfide) groups is 1. The standard InChI is InChI=1S/C15H12OS2/c16-12-5-6-17-14-7-10-9-3-1-2-4-13(9)18-15(10)8-11(12)14/h2,4,7-8H,1,3,5-6H2. The molecule has 0 N–H and O–H groups in total. The van der Waals surface area contributed by atoms with Crippen LogP contribution in [0.15, 0.2) is 23.1 Å². The fraction of sp³-hybridized carbons (Fsp3) is 0.267. The number of ketones is 1. The number of fused-ring (bicyclic) bond motifs is 4. The third-order valence-corrected chi connectivity index (χ3v) is 5.86. The molecule has 2 aromatic rings. The Morgan fingerprint density at radius 1 is 1.17 bits per heavy atom. The molecule has 0 unspecified atom stereocenters. The lowest BCUT2D eigenvalue weighted by Gasteiger charge is -2.14. The van der Waals surface area contributed by atoms with Crippen molar-refractivity contribution in [3.8, 4) is 0 Å². The second-order valence-electron chi connectivity index (χ2n) is 4.75. The van der Waals surface area contributed by atoms with Crippen molar-refractivity contribution in [2.75, 3.05) is 5.75 Å². The van der Waals surface area contributed by atoms with Crippen LogP contribution in [0.3, 0.4) is 0 Å². The van der Waals surface area contributed by atoms with E-state index in [9.17, 15) is 4.79 Å². The van der Waals surface area contributed by atoms with Crippen LogP contribution in [-0.4, -0.2) is 11.5 Å². The van der Waals surface area contributed by atoms with E-state index in [1.54, 1.807) is 0 Å². The van der Waals surface area contributed by atoms with Gasteiger partial charge >= 0.3 is 0 Å². The average molecular weight is 272 g/mol. The molecule has 4 rings (SSSR count). The molecule has 0 bridgehead atoms. The van der Waals surface area contributed by atoms with E-state index in [0.717, 1.165) is 24.2 Å². The van der Waals surface area contributed by atoms with E-state index in [2.05, 4.69) is 24.3 Å². The van der Waals surface area contributed by atoms with Crippen LogP contribution in [-0.2, 0) is 6.42 Å². The van der Waals surface area contributed by atoms with E-state index in [1.807, 2.05) is 23.1 Å². The molecule has 90 valence electrons. The highest BCUT2D eigenvalue weighted by Crippen LogP contribution is 2.40. The van der Waals surface area contributed by atoms with Gasteiger partial charge in [0.2, 0.25) is 0 Å². The molecule has 1 aliphatic heterocycles. The first-order valence-corrected chi connectivity index (χ1v) is 8.05. The van der Waals surface area contributed by atoms with Crippen molar-refractivity contribution < 1.29 is 4.79 Å². The van der Waals surface area contributed by atoms with Gasteiger partial charge in [-0.3, -0.25) is 4.79 Å². The molecule has 0 saturated heterocycles. The van der Waals surface area contributed by atoms with Gasteiger partial charge < -0.3 is 0 Å². The van der Waals surface area contributed by atoms with Gasteiger partial charge in [0.1, 0.15) is 0 Å². The molecule has 0 spiro atoms. The quantitative estimate of drug-likeness (QED) is 0.700. The molecule has 2 heterocycles. The minimum Gasteiger partial charge on any atom is -0.294 e. The first kappa shape index (κ1) is 10.8. The number of thiophene rings is 1. The predicted octanol–water partition coefficient (Wildman–Crippen LogP) is 4.54. The maximum atomic E-state index is 11.9. The molecule has 1 aromatic heterocycles. The van der Waals surface area contributed by atoms with Gasteiger partial charge in [-0.2, -0.15) is 0 Å². The fourth-order valence-corrected chi connectivity index (χ4v) is 4.97. The number of Topliss-reactive ketones (excluding diaryl/α,β-unsaturated/α-hetero) is 1. The molecular formula is C15H12OS2. The second kappa shape index (κ2) is 3.97. The highest BCUT2D eigenvalue weighted by Gasteiger charge is 2.21. The number of hydrogen-bond acceptors (Lipinski definition) is 3. The van der Waals surface area contributed by atoms with E-state index in [-0.39, 0.29) is 0 Å². The second-order valence-corrected chi connectivity index (χ2v) is 6.97. The Balaban J connectivity index is 2.02. The normalized spacial score (nSPS) is 17.9. The molecule has 0 atom stereocenters. The zero-order valence-corrected chi connectivity index (χ0v) is 11.5. The molecular weight excluding hydrogens is 260 g/mol. The third-order valence-electron chi connectivity index (χ3n) is 3.64. The van der Waals surface area contributed by atoms with Crippen molar-refractivity contribution in [1.82, 2.24) is 0 Å². The van der Waals surface area contributed by atoms with Crippen molar-refractivity contribution in [3.05, 3.63) is 34.2 Å². The van der Waals surface area contributed by atoms with Gasteiger partial charge in [-0.15, -0.1) is 23.1 Å². The van der Waals surface area contributed by atoms with Gasteiger partial charge in [-0.1, -0.05) is 6.08 Å². The molecule has 0 amide bonds. The van der Waals surface area contributed by atoms with E-state index in [4.69, 9.17) is 0 Å². The summed E-state index contributed by atoms with van der Waals surface area (Å²) in [5.74, 6) is 1.25. The van der Waals surface area contributed by atoms with Crippen LogP contribution in [0.5, 0.6) is 0 Å². The highest BCUT2D eigenvalue weighted by molar-refractivity contribution is 7.99. The lowest BCUT2D eigenvalue weighted by atomic mass is 9.99. The van der Waals surface area contributed by atoms with Crippen LogP contribution in [0.1, 0.15) is 33.6 Å². The number of aryl methyl sites for hydroxylation is 1. The Bertz CT molecular complexity index is 694. The summed E-state index contributed by atoms with van der Waals surface area (Å²) in [6.07, 6.45) is 7.45. The number of benzene rings is 1. The van der Waals surface area contributed by atoms with E-state index in [0.29, 0.717) is 12.2 Å². The van der Waals surface area contributed by atoms with Gasteiger partial charge in [0.25, 0.3) is 0 Å². The van der Waals surface area contributed by atoms with Crippen molar-refractivity contribution >= 4 is 45.0 Å². The van der Waals surface area contributed by atoms with Crippen molar-refractivity contribution in [2.45, 2.75) is 24.2 Å². The summed E-state index contributed by atoms with van der Waals surface area (Å²) in [6, 6.07) is 4.37. The van der Waals surface area contributed by atoms with Crippen molar-refractivity contribution in [2.24, 2.45) is 0 Å². The third kappa shape index (κ3) is 1.50. The average Bonchev–Trinajstić information content (AvgIpc) is 2.75. The monoisotopic (exact) mass is 272 g/mol. The number of allylic oxidation sites excluding steroid dienone is 1. The molecule has 1 nitrogen and oxygen atoms in total. The molecule has 2 aliphatic rings. The molecule has 1 aromatic carbocycles. The van der Waals surface area contributed by atoms with E-state index in [1.165, 1.54) is 25.4 Å². The summed E-state index contributed by atoms with van der Waals surface area (Å²) in [4.78, 5) is 14.5. The molecule has 0 fully saturated rings. The molecule has 0 saturated carbocycles. The number of hydrogen-bond donors (Lipinski definition) is 0. The number of carbonyl (C=O) groups is 1. The number of carbonyl (C=O) groups excluding carboxylic acids is 1. The van der Waals surface area contributed by atoms with Gasteiger partial charge in [-0.05, 0) is 42.0 Å². The molecule has 3 heteroatoms. The van der Waals surface area contributed by atoms with Gasteiger partial charge in [0, 0.05) is 32.2 Å². The zero-order valence-electron chi connectivity index (χ0n) is 9.86. The SMILES string of the molecule is O=C1CCSc2cc3c4c(sc3cc21)C=CCC4. The topological polar surface area (TPSA) is 17.1 Å². The maximum absolute atomic E-state index is 11.9. The van der Waals surface area contributed by atoms with Crippen LogP contribution < -0.4 is 0 Å². The summed E-state index contributed by atoms with van der Waals surface area (Å²) < 4.78 is 1.28. The summed E-state index contributed by atoms with van der Waals surface area (Å²) in [7, 11) is 0. The lowest BCUT2D eigenvalue weighted by molar-refractivity contribution is 0.0985. The summed E-state index contributed by atoms with van der Waals surface area (Å²) in [6.45, 7) is 0. The van der Waals surface area contributed by atoms with Crippen LogP contribution in [0.25, 0.3) is 16.2 Å². The number of rotatable bonds is 0. The molecule has 1 aliphatic carbocycles. The predicted molar refractivity (Wildman–Crippen MR) is 78.9 cm³/mol. The Hall–Kier alpha value is -1.06. The van der Waals surface area contributed by atoms with Crippen LogP contribution in [0, 0.1) is 0 Å². The lowest BCUT2D eigenvalue weighted by Crippen LogP contribution is -2.07. The van der Waals surface area contributed by atoms with Crippen molar-refractivity contribution in [1.29, 1.82) is 0 Å². The first-order chi connectivity index (χ1) is 8.83. The minimum absolute atomic E-state index is 0.313. The maximum Gasteiger partial charge on any atom is 0.164 e. The van der Waals surface area contributed by atoms with Gasteiger partial charge in [0.15, 0.2) is 5.78 Å². The van der Waals surface area contributed by atoms with Crippen molar-refractivity contribution in [3.63, 3.8) is 0 Å². The summed E-state index contributed by atoms with van der Waals surface area (Å²) in [5.41, 5.74) is 2.43. The van der Waals surface area contributed by atoms with E-state index >= 15 is 0 Å². The molecule has 0 radical (unpaired) electrons. The Labute approximate surface area is 114 Å². The Kier molecular flexibility index (Phi) is 2.39. The van der Waals surface area contributed by atoms with Crippen LogP contribution >= 0.6 is 23.1 Å². The smallest absolute Gasteiger partial charge is 0.164 e. The van der Waals surface area contributed by atoms with E-state index < -0.39 is 0 Å². The zero-order chi connectivity index (χ0) is 12.1. The largest absolute Gasteiger partial charge is 0.294 e. The van der Waals surface area contributed by atoms with Gasteiger partial charge in [-0.25, -0.2) is 0 Å². The molecule has 18 heavy (non-hydrogen) atoms. The summed E-state index contributed by atoms with van der Waals surface area (Å²) >= 11 is 3.65. The summed E-state index contributed by atoms with van der Waals surface area (Å²) in [5, 5.41) is 1.38. The Morgan fingerprint density at radius 2 is 2.11 bits per heavy atom. The van der Waals surface area contributed by atoms with Gasteiger partial charge in [0.05, 0.1) is 0 Å². The first-order valence-electron chi connectivity index (χ1n) is 6.25. The highest BCUT2D eigenvalue weighted by atomic mass is 32.2. The minimum atomic E-state index is 0.313.